The van der Waals surface area contributed by atoms with E-state index in [1.165, 1.54) is 225 Å². The van der Waals surface area contributed by atoms with Gasteiger partial charge in [-0.3, -0.25) is 4.79 Å². The van der Waals surface area contributed by atoms with Gasteiger partial charge in [0.2, 0.25) is 5.91 Å². The van der Waals surface area contributed by atoms with Crippen LogP contribution < -0.4 is 5.32 Å². The molecule has 0 aliphatic carbocycles. The van der Waals surface area contributed by atoms with Crippen molar-refractivity contribution in [2.75, 3.05) is 6.61 Å². The van der Waals surface area contributed by atoms with Gasteiger partial charge < -0.3 is 20.6 Å². The number of unbranched alkanes of at least 4 members (excludes halogenated alkanes) is 38. The smallest absolute Gasteiger partial charge is 0.220 e. The molecule has 3 unspecified atom stereocenters. The van der Waals surface area contributed by atoms with Gasteiger partial charge in [-0.2, -0.15) is 0 Å². The fraction of sp³-hybridized carbons (Fsp3) is 0.942. The Balaban J connectivity index is 3.52. The standard InChI is InChI=1S/C52H103NO4/c1-3-5-7-9-11-13-15-17-19-21-22-23-24-25-26-27-28-29-30-31-33-35-37-39-41-43-45-47-51(56)53-49(48-54)52(57)50(55)46-44-42-40-38-36-34-32-20-18-16-14-12-10-8-6-4-2/h38,40,49-50,52,54-55,57H,3-37,39,41-48H2,1-2H3,(H,53,56)/b40-38+. The third-order valence-corrected chi connectivity index (χ3v) is 12.4. The molecule has 4 N–H and O–H groups in total. The molecule has 0 spiro atoms. The van der Waals surface area contributed by atoms with E-state index in [-0.39, 0.29) is 12.5 Å². The van der Waals surface area contributed by atoms with E-state index in [0.717, 1.165) is 38.5 Å². The van der Waals surface area contributed by atoms with Crippen LogP contribution in [0.5, 0.6) is 0 Å². The zero-order valence-electron chi connectivity index (χ0n) is 38.7. The Morgan fingerprint density at radius 1 is 0.421 bits per heavy atom. The van der Waals surface area contributed by atoms with Crippen molar-refractivity contribution in [3.8, 4) is 0 Å². The predicted molar refractivity (Wildman–Crippen MR) is 250 cm³/mol. The van der Waals surface area contributed by atoms with Crippen LogP contribution in [0, 0.1) is 0 Å². The molecule has 0 aromatic rings. The van der Waals surface area contributed by atoms with Crippen LogP contribution in [0.4, 0.5) is 0 Å². The van der Waals surface area contributed by atoms with Crippen LogP contribution >= 0.6 is 0 Å². The molecule has 0 saturated carbocycles. The minimum Gasteiger partial charge on any atom is -0.394 e. The van der Waals surface area contributed by atoms with Gasteiger partial charge in [0, 0.05) is 6.42 Å². The lowest BCUT2D eigenvalue weighted by Gasteiger charge is -2.26. The van der Waals surface area contributed by atoms with Crippen molar-refractivity contribution in [3.05, 3.63) is 12.2 Å². The molecule has 0 aliphatic rings. The number of carbonyl (C=O) groups excluding carboxylic acids is 1. The number of aliphatic hydroxyl groups is 3. The fourth-order valence-corrected chi connectivity index (χ4v) is 8.34. The molecule has 0 fully saturated rings. The Labute approximate surface area is 357 Å². The average Bonchev–Trinajstić information content (AvgIpc) is 3.22. The van der Waals surface area contributed by atoms with Crippen molar-refractivity contribution >= 4 is 5.91 Å². The van der Waals surface area contributed by atoms with E-state index in [2.05, 4.69) is 31.3 Å². The van der Waals surface area contributed by atoms with Crippen LogP contribution in [0.3, 0.4) is 0 Å². The van der Waals surface area contributed by atoms with Gasteiger partial charge in [0.15, 0.2) is 0 Å². The first-order valence-corrected chi connectivity index (χ1v) is 26.0. The Kier molecular flexibility index (Phi) is 47.0. The zero-order chi connectivity index (χ0) is 41.5. The van der Waals surface area contributed by atoms with Crippen LogP contribution in [-0.4, -0.2) is 46.1 Å². The van der Waals surface area contributed by atoms with Gasteiger partial charge in [-0.15, -0.1) is 0 Å². The molecule has 0 bridgehead atoms. The maximum absolute atomic E-state index is 12.5. The van der Waals surface area contributed by atoms with Crippen molar-refractivity contribution < 1.29 is 20.1 Å². The monoisotopic (exact) mass is 806 g/mol. The summed E-state index contributed by atoms with van der Waals surface area (Å²) in [7, 11) is 0. The first-order valence-electron chi connectivity index (χ1n) is 26.0. The van der Waals surface area contributed by atoms with Gasteiger partial charge in [-0.1, -0.05) is 257 Å². The first kappa shape index (κ1) is 56.1. The molecule has 0 aromatic carbocycles. The van der Waals surface area contributed by atoms with E-state index in [0.29, 0.717) is 12.8 Å². The summed E-state index contributed by atoms with van der Waals surface area (Å²) < 4.78 is 0. The van der Waals surface area contributed by atoms with Gasteiger partial charge in [-0.05, 0) is 38.5 Å². The number of aliphatic hydroxyl groups excluding tert-OH is 3. The van der Waals surface area contributed by atoms with E-state index < -0.39 is 18.2 Å². The number of nitrogens with one attached hydrogen (secondary N) is 1. The quantitative estimate of drug-likeness (QED) is 0.0364. The minimum absolute atomic E-state index is 0.148. The van der Waals surface area contributed by atoms with Gasteiger partial charge in [0.05, 0.1) is 18.8 Å². The molecular formula is C52H103NO4. The van der Waals surface area contributed by atoms with Crippen molar-refractivity contribution in [1.29, 1.82) is 0 Å². The van der Waals surface area contributed by atoms with Crippen LogP contribution in [0.15, 0.2) is 12.2 Å². The topological polar surface area (TPSA) is 89.8 Å². The summed E-state index contributed by atoms with van der Waals surface area (Å²) in [5.41, 5.74) is 0. The third-order valence-electron chi connectivity index (χ3n) is 12.4. The predicted octanol–water partition coefficient (Wildman–Crippen LogP) is 15.6. The van der Waals surface area contributed by atoms with Gasteiger partial charge >= 0.3 is 0 Å². The highest BCUT2D eigenvalue weighted by atomic mass is 16.3. The zero-order valence-corrected chi connectivity index (χ0v) is 38.7. The van der Waals surface area contributed by atoms with E-state index in [4.69, 9.17) is 0 Å². The lowest BCUT2D eigenvalue weighted by atomic mass is 10.0. The number of hydrogen-bond donors (Lipinski definition) is 4. The Morgan fingerprint density at radius 2 is 0.702 bits per heavy atom. The molecule has 0 radical (unpaired) electrons. The molecule has 57 heavy (non-hydrogen) atoms. The molecule has 340 valence electrons. The molecule has 0 aliphatic heterocycles. The second-order valence-electron chi connectivity index (χ2n) is 18.1. The maximum Gasteiger partial charge on any atom is 0.220 e. The number of hydrogen-bond acceptors (Lipinski definition) is 4. The van der Waals surface area contributed by atoms with Crippen molar-refractivity contribution in [1.82, 2.24) is 5.32 Å². The van der Waals surface area contributed by atoms with Crippen LogP contribution in [0.1, 0.15) is 290 Å². The summed E-state index contributed by atoms with van der Waals surface area (Å²) in [6.07, 6.45) is 57.8. The number of rotatable bonds is 48. The molecule has 1 amide bonds. The van der Waals surface area contributed by atoms with E-state index in [1.54, 1.807) is 0 Å². The van der Waals surface area contributed by atoms with Gasteiger partial charge in [0.25, 0.3) is 0 Å². The fourth-order valence-electron chi connectivity index (χ4n) is 8.34. The molecule has 0 rings (SSSR count). The van der Waals surface area contributed by atoms with Crippen LogP contribution in [-0.2, 0) is 4.79 Å². The van der Waals surface area contributed by atoms with Crippen molar-refractivity contribution in [2.45, 2.75) is 308 Å². The van der Waals surface area contributed by atoms with Gasteiger partial charge in [0.1, 0.15) is 6.10 Å². The Bertz CT molecular complexity index is 803. The number of amides is 1. The molecule has 5 heteroatoms. The average molecular weight is 806 g/mol. The number of carbonyl (C=O) groups is 1. The van der Waals surface area contributed by atoms with Gasteiger partial charge in [-0.25, -0.2) is 0 Å². The number of allylic oxidation sites excluding steroid dienone is 2. The summed E-state index contributed by atoms with van der Waals surface area (Å²) in [5, 5.41) is 33.6. The highest BCUT2D eigenvalue weighted by Crippen LogP contribution is 2.17. The molecule has 0 saturated heterocycles. The largest absolute Gasteiger partial charge is 0.394 e. The highest BCUT2D eigenvalue weighted by molar-refractivity contribution is 5.76. The molecule has 3 atom stereocenters. The maximum atomic E-state index is 12.5. The summed E-state index contributed by atoms with van der Waals surface area (Å²) in [6, 6.07) is -0.821. The van der Waals surface area contributed by atoms with Crippen molar-refractivity contribution in [3.63, 3.8) is 0 Å². The molecule has 0 aromatic heterocycles. The lowest BCUT2D eigenvalue weighted by Crippen LogP contribution is -2.50. The second-order valence-corrected chi connectivity index (χ2v) is 18.1. The molecule has 0 heterocycles. The summed E-state index contributed by atoms with van der Waals surface area (Å²) >= 11 is 0. The summed E-state index contributed by atoms with van der Waals surface area (Å²) in [5.74, 6) is -0.148. The minimum atomic E-state index is -1.15. The normalized spacial score (nSPS) is 13.4. The lowest BCUT2D eigenvalue weighted by molar-refractivity contribution is -0.124. The van der Waals surface area contributed by atoms with E-state index >= 15 is 0 Å². The molecular weight excluding hydrogens is 703 g/mol. The third kappa shape index (κ3) is 43.0. The van der Waals surface area contributed by atoms with E-state index in [9.17, 15) is 20.1 Å². The Hall–Kier alpha value is -0.910. The van der Waals surface area contributed by atoms with Crippen LogP contribution in [0.2, 0.25) is 0 Å². The second kappa shape index (κ2) is 47.8. The summed E-state index contributed by atoms with van der Waals surface area (Å²) in [6.45, 7) is 4.20. The van der Waals surface area contributed by atoms with Crippen molar-refractivity contribution in [2.24, 2.45) is 0 Å². The SMILES string of the molecule is CCCCCCCCCCCCC/C=C/CCCC(O)C(O)C(CO)NC(=O)CCCCCCCCCCCCCCCCCCCCCCCCCCCCC. The highest BCUT2D eigenvalue weighted by Gasteiger charge is 2.26. The molecule has 5 nitrogen and oxygen atoms in total. The Morgan fingerprint density at radius 3 is 1.02 bits per heavy atom. The summed E-state index contributed by atoms with van der Waals surface area (Å²) in [4.78, 5) is 12.5. The van der Waals surface area contributed by atoms with Crippen LogP contribution in [0.25, 0.3) is 0 Å². The van der Waals surface area contributed by atoms with E-state index in [1.807, 2.05) is 0 Å². The first-order chi connectivity index (χ1) is 28.1.